The fraction of sp³-hybridized carbons (Fsp3) is 0.333. The molecule has 0 aliphatic heterocycles. The van der Waals surface area contributed by atoms with Crippen LogP contribution in [0.1, 0.15) is 41.6 Å². The van der Waals surface area contributed by atoms with E-state index in [1.807, 2.05) is 20.8 Å². The summed E-state index contributed by atoms with van der Waals surface area (Å²) in [5.74, 6) is -1.20. The van der Waals surface area contributed by atoms with Crippen LogP contribution in [-0.2, 0) is 9.84 Å². The molecule has 0 atom stereocenters. The number of amides is 1. The molecule has 1 aromatic heterocycles. The Morgan fingerprint density at radius 3 is 2.54 bits per heavy atom. The van der Waals surface area contributed by atoms with Crippen LogP contribution in [0.2, 0.25) is 0 Å². The summed E-state index contributed by atoms with van der Waals surface area (Å²) >= 11 is 1.05. The van der Waals surface area contributed by atoms with Crippen LogP contribution in [0.4, 0.5) is 10.1 Å². The minimum absolute atomic E-state index is 0.0233. The van der Waals surface area contributed by atoms with Crippen LogP contribution in [0, 0.1) is 29.5 Å². The van der Waals surface area contributed by atoms with E-state index in [4.69, 9.17) is 5.26 Å². The van der Waals surface area contributed by atoms with E-state index in [2.05, 4.69) is 5.32 Å². The summed E-state index contributed by atoms with van der Waals surface area (Å²) in [4.78, 5) is 13.0. The molecule has 0 aliphatic rings. The van der Waals surface area contributed by atoms with Gasteiger partial charge in [0.15, 0.2) is 9.84 Å². The van der Waals surface area contributed by atoms with Gasteiger partial charge in [-0.25, -0.2) is 12.8 Å². The molecule has 1 amide bonds. The summed E-state index contributed by atoms with van der Waals surface area (Å²) in [5.41, 5.74) is -0.0812. The number of aryl methyl sites for hydroxylation is 1. The minimum atomic E-state index is -3.50. The summed E-state index contributed by atoms with van der Waals surface area (Å²) in [7, 11) is -3.50. The van der Waals surface area contributed by atoms with Crippen LogP contribution in [0.25, 0.3) is 0 Å². The fourth-order valence-corrected chi connectivity index (χ4v) is 5.74. The minimum Gasteiger partial charge on any atom is -0.322 e. The van der Waals surface area contributed by atoms with Gasteiger partial charge in [0.05, 0.1) is 16.9 Å². The Bertz CT molecular complexity index is 996. The standard InChI is InChI=1S/C18H19FN2O3S2/c1-11-14(8-16(25-11)26(23,24)10-18(2,3)4)17(22)21-13-5-6-15(19)12(7-13)9-20/h5-8H,10H2,1-4H3,(H,21,22). The number of carbonyl (C=O) groups excluding carboxylic acids is 1. The average molecular weight is 394 g/mol. The van der Waals surface area contributed by atoms with E-state index in [9.17, 15) is 17.6 Å². The number of nitrogens with zero attached hydrogens (tertiary/aromatic N) is 1. The molecule has 0 spiro atoms. The topological polar surface area (TPSA) is 87.0 Å². The van der Waals surface area contributed by atoms with Gasteiger partial charge < -0.3 is 5.32 Å². The molecule has 2 rings (SSSR count). The summed E-state index contributed by atoms with van der Waals surface area (Å²) < 4.78 is 38.5. The first kappa shape index (κ1) is 20.1. The average Bonchev–Trinajstić information content (AvgIpc) is 2.90. The lowest BCUT2D eigenvalue weighted by molar-refractivity contribution is 0.102. The Hall–Kier alpha value is -2.24. The maximum atomic E-state index is 13.4. The van der Waals surface area contributed by atoms with Gasteiger partial charge in [-0.1, -0.05) is 20.8 Å². The Kier molecular flexibility index (Phi) is 5.54. The van der Waals surface area contributed by atoms with E-state index in [-0.39, 0.29) is 26.8 Å². The third kappa shape index (κ3) is 4.68. The number of hydrogen-bond acceptors (Lipinski definition) is 5. The van der Waals surface area contributed by atoms with Crippen molar-refractivity contribution in [1.29, 1.82) is 5.26 Å². The second-order valence-electron chi connectivity index (χ2n) is 7.12. The molecule has 0 saturated carbocycles. The molecule has 0 aliphatic carbocycles. The SMILES string of the molecule is Cc1sc(S(=O)(=O)CC(C)(C)C)cc1C(=O)Nc1ccc(F)c(C#N)c1. The Balaban J connectivity index is 2.29. The quantitative estimate of drug-likeness (QED) is 0.844. The molecule has 1 heterocycles. The summed E-state index contributed by atoms with van der Waals surface area (Å²) in [6, 6.07) is 6.73. The van der Waals surface area contributed by atoms with Crippen molar-refractivity contribution < 1.29 is 17.6 Å². The van der Waals surface area contributed by atoms with Crippen molar-refractivity contribution in [2.24, 2.45) is 5.41 Å². The predicted molar refractivity (Wildman–Crippen MR) is 99.6 cm³/mol. The molecule has 1 aromatic carbocycles. The smallest absolute Gasteiger partial charge is 0.256 e. The van der Waals surface area contributed by atoms with E-state index in [1.54, 1.807) is 13.0 Å². The number of sulfone groups is 1. The normalized spacial score (nSPS) is 11.8. The summed E-state index contributed by atoms with van der Waals surface area (Å²) in [6.45, 7) is 7.17. The first-order valence-corrected chi connectivity index (χ1v) is 10.2. The molecular formula is C18H19FN2O3S2. The number of nitriles is 1. The van der Waals surface area contributed by atoms with Crippen molar-refractivity contribution in [2.75, 3.05) is 11.1 Å². The Morgan fingerprint density at radius 2 is 1.96 bits per heavy atom. The van der Waals surface area contributed by atoms with E-state index < -0.39 is 27.0 Å². The lowest BCUT2D eigenvalue weighted by Gasteiger charge is -2.16. The van der Waals surface area contributed by atoms with Gasteiger partial charge in [0, 0.05) is 10.6 Å². The van der Waals surface area contributed by atoms with Gasteiger partial charge in [0.2, 0.25) is 0 Å². The highest BCUT2D eigenvalue weighted by Crippen LogP contribution is 2.30. The van der Waals surface area contributed by atoms with Gasteiger partial charge in [0.1, 0.15) is 16.1 Å². The van der Waals surface area contributed by atoms with Crippen LogP contribution in [0.3, 0.4) is 0 Å². The molecule has 0 bridgehead atoms. The molecule has 26 heavy (non-hydrogen) atoms. The Morgan fingerprint density at radius 1 is 1.31 bits per heavy atom. The highest BCUT2D eigenvalue weighted by atomic mass is 32.2. The van der Waals surface area contributed by atoms with Crippen LogP contribution in [0.15, 0.2) is 28.5 Å². The van der Waals surface area contributed by atoms with Gasteiger partial charge in [-0.2, -0.15) is 5.26 Å². The molecule has 0 unspecified atom stereocenters. The number of benzene rings is 1. The first-order valence-electron chi connectivity index (χ1n) is 7.77. The molecule has 0 fully saturated rings. The first-order chi connectivity index (χ1) is 11.9. The molecule has 0 saturated heterocycles. The van der Waals surface area contributed by atoms with Gasteiger partial charge >= 0.3 is 0 Å². The van der Waals surface area contributed by atoms with E-state index in [1.165, 1.54) is 18.2 Å². The Labute approximate surface area is 156 Å². The zero-order valence-corrected chi connectivity index (χ0v) is 16.5. The number of hydrogen-bond donors (Lipinski definition) is 1. The predicted octanol–water partition coefficient (Wildman–Crippen LogP) is 4.14. The van der Waals surface area contributed by atoms with Gasteiger partial charge in [-0.05, 0) is 36.6 Å². The number of anilines is 1. The molecule has 138 valence electrons. The number of thiophene rings is 1. The number of rotatable bonds is 4. The van der Waals surface area contributed by atoms with E-state index in [0.29, 0.717) is 4.88 Å². The van der Waals surface area contributed by atoms with Crippen molar-refractivity contribution >= 4 is 32.8 Å². The zero-order valence-electron chi connectivity index (χ0n) is 14.9. The second kappa shape index (κ2) is 7.17. The molecule has 5 nitrogen and oxygen atoms in total. The lowest BCUT2D eigenvalue weighted by Crippen LogP contribution is -2.20. The maximum Gasteiger partial charge on any atom is 0.256 e. The van der Waals surface area contributed by atoms with Gasteiger partial charge in [-0.15, -0.1) is 11.3 Å². The largest absolute Gasteiger partial charge is 0.322 e. The lowest BCUT2D eigenvalue weighted by atomic mass is 10.0. The zero-order chi connectivity index (χ0) is 19.7. The monoisotopic (exact) mass is 394 g/mol. The van der Waals surface area contributed by atoms with E-state index in [0.717, 1.165) is 17.4 Å². The highest BCUT2D eigenvalue weighted by molar-refractivity contribution is 7.93. The van der Waals surface area contributed by atoms with Crippen LogP contribution in [0.5, 0.6) is 0 Å². The number of nitrogens with one attached hydrogen (secondary N) is 1. The van der Waals surface area contributed by atoms with Crippen molar-refractivity contribution in [3.8, 4) is 6.07 Å². The third-order valence-corrected chi connectivity index (χ3v) is 7.25. The van der Waals surface area contributed by atoms with Gasteiger partial charge in [-0.3, -0.25) is 4.79 Å². The number of carbonyl (C=O) groups is 1. The van der Waals surface area contributed by atoms with Crippen LogP contribution >= 0.6 is 11.3 Å². The summed E-state index contributed by atoms with van der Waals surface area (Å²) in [5, 5.41) is 11.4. The van der Waals surface area contributed by atoms with Crippen molar-refractivity contribution in [3.05, 3.63) is 46.1 Å². The maximum absolute atomic E-state index is 13.4. The highest BCUT2D eigenvalue weighted by Gasteiger charge is 2.27. The second-order valence-corrected chi connectivity index (χ2v) is 10.6. The number of halogens is 1. The molecule has 1 N–H and O–H groups in total. The molecule has 8 heteroatoms. The summed E-state index contributed by atoms with van der Waals surface area (Å²) in [6.07, 6.45) is 0. The third-order valence-electron chi connectivity index (χ3n) is 3.41. The van der Waals surface area contributed by atoms with Crippen LogP contribution in [-0.4, -0.2) is 20.1 Å². The fourth-order valence-electron chi connectivity index (χ4n) is 2.36. The molecule has 0 radical (unpaired) electrons. The van der Waals surface area contributed by atoms with Gasteiger partial charge in [0.25, 0.3) is 5.91 Å². The van der Waals surface area contributed by atoms with Crippen LogP contribution < -0.4 is 5.32 Å². The van der Waals surface area contributed by atoms with Crippen molar-refractivity contribution in [2.45, 2.75) is 31.9 Å². The van der Waals surface area contributed by atoms with E-state index >= 15 is 0 Å². The van der Waals surface area contributed by atoms with Crippen molar-refractivity contribution in [1.82, 2.24) is 0 Å². The van der Waals surface area contributed by atoms with Crippen molar-refractivity contribution in [3.63, 3.8) is 0 Å². The molecule has 2 aromatic rings. The molecular weight excluding hydrogens is 375 g/mol.